The average molecular weight is 251 g/mol. The van der Waals surface area contributed by atoms with E-state index in [0.717, 1.165) is 19.3 Å². The van der Waals surface area contributed by atoms with Gasteiger partial charge in [-0.1, -0.05) is 0 Å². The summed E-state index contributed by atoms with van der Waals surface area (Å²) in [5.74, 6) is 0.956. The number of carbonyl (C=O) groups is 1. The third-order valence-electron chi connectivity index (χ3n) is 4.26. The molecule has 2 fully saturated rings. The van der Waals surface area contributed by atoms with Gasteiger partial charge in [0.15, 0.2) is 0 Å². The number of nitrogens with one attached hydrogen (secondary N) is 1. The summed E-state index contributed by atoms with van der Waals surface area (Å²) in [4.78, 5) is 11.3. The SMILES string of the molecule is Cc1nnc(CNC2C3CCC(C3)C2C(=O)O)o1. The Morgan fingerprint density at radius 3 is 2.89 bits per heavy atom. The first-order valence-electron chi connectivity index (χ1n) is 6.40. The molecule has 6 heteroatoms. The normalized spacial score (nSPS) is 34.1. The summed E-state index contributed by atoms with van der Waals surface area (Å²) in [5, 5.41) is 20.3. The van der Waals surface area contributed by atoms with Gasteiger partial charge in [-0.05, 0) is 31.1 Å². The zero-order chi connectivity index (χ0) is 12.7. The summed E-state index contributed by atoms with van der Waals surface area (Å²) in [6.45, 7) is 2.20. The van der Waals surface area contributed by atoms with E-state index < -0.39 is 5.97 Å². The summed E-state index contributed by atoms with van der Waals surface area (Å²) in [5.41, 5.74) is 0. The maximum atomic E-state index is 11.3. The zero-order valence-corrected chi connectivity index (χ0v) is 10.3. The molecule has 4 unspecified atom stereocenters. The second kappa shape index (κ2) is 4.35. The van der Waals surface area contributed by atoms with E-state index in [1.807, 2.05) is 0 Å². The second-order valence-corrected chi connectivity index (χ2v) is 5.32. The van der Waals surface area contributed by atoms with E-state index in [1.165, 1.54) is 0 Å². The first-order valence-corrected chi connectivity index (χ1v) is 6.40. The van der Waals surface area contributed by atoms with Gasteiger partial charge in [-0.2, -0.15) is 0 Å². The van der Waals surface area contributed by atoms with E-state index in [0.29, 0.717) is 30.2 Å². The minimum absolute atomic E-state index is 0.0495. The van der Waals surface area contributed by atoms with Gasteiger partial charge in [0.25, 0.3) is 0 Å². The third kappa shape index (κ3) is 1.90. The Labute approximate surface area is 105 Å². The maximum Gasteiger partial charge on any atom is 0.308 e. The number of hydrogen-bond acceptors (Lipinski definition) is 5. The largest absolute Gasteiger partial charge is 0.481 e. The second-order valence-electron chi connectivity index (χ2n) is 5.32. The lowest BCUT2D eigenvalue weighted by molar-refractivity contribution is -0.144. The van der Waals surface area contributed by atoms with Crippen molar-refractivity contribution in [1.29, 1.82) is 0 Å². The van der Waals surface area contributed by atoms with Crippen LogP contribution in [0.3, 0.4) is 0 Å². The van der Waals surface area contributed by atoms with Crippen molar-refractivity contribution in [3.8, 4) is 0 Å². The van der Waals surface area contributed by atoms with E-state index in [-0.39, 0.29) is 12.0 Å². The topological polar surface area (TPSA) is 88.2 Å². The molecule has 2 aliphatic rings. The summed E-state index contributed by atoms with van der Waals surface area (Å²) < 4.78 is 5.29. The molecule has 0 radical (unpaired) electrons. The number of carboxylic acid groups (broad SMARTS) is 1. The highest BCUT2D eigenvalue weighted by molar-refractivity contribution is 5.72. The van der Waals surface area contributed by atoms with Crippen molar-refractivity contribution in [3.05, 3.63) is 11.8 Å². The first-order chi connectivity index (χ1) is 8.65. The lowest BCUT2D eigenvalue weighted by atomic mass is 9.84. The molecule has 0 aromatic carbocycles. The number of aromatic nitrogens is 2. The molecule has 4 atom stereocenters. The van der Waals surface area contributed by atoms with Crippen LogP contribution in [0.25, 0.3) is 0 Å². The zero-order valence-electron chi connectivity index (χ0n) is 10.3. The highest BCUT2D eigenvalue weighted by atomic mass is 16.4. The maximum absolute atomic E-state index is 11.3. The number of aryl methyl sites for hydroxylation is 1. The number of aliphatic carboxylic acids is 1. The molecule has 1 aromatic rings. The van der Waals surface area contributed by atoms with Gasteiger partial charge in [0.2, 0.25) is 11.8 Å². The highest BCUT2D eigenvalue weighted by Gasteiger charge is 2.50. The van der Waals surface area contributed by atoms with Gasteiger partial charge in [0.1, 0.15) is 0 Å². The highest BCUT2D eigenvalue weighted by Crippen LogP contribution is 2.48. The lowest BCUT2D eigenvalue weighted by Gasteiger charge is -2.28. The van der Waals surface area contributed by atoms with Gasteiger partial charge in [-0.15, -0.1) is 10.2 Å². The standard InChI is InChI=1S/C12H17N3O3/c1-6-14-15-9(18-6)5-13-11-8-3-2-7(4-8)10(11)12(16)17/h7-8,10-11,13H,2-5H2,1H3,(H,16,17). The van der Waals surface area contributed by atoms with Crippen LogP contribution in [0.15, 0.2) is 4.42 Å². The van der Waals surface area contributed by atoms with Crippen LogP contribution < -0.4 is 5.32 Å². The molecule has 2 aliphatic carbocycles. The van der Waals surface area contributed by atoms with E-state index in [2.05, 4.69) is 15.5 Å². The predicted octanol–water partition coefficient (Wildman–Crippen LogP) is 0.967. The van der Waals surface area contributed by atoms with Crippen LogP contribution in [0.4, 0.5) is 0 Å². The summed E-state index contributed by atoms with van der Waals surface area (Å²) >= 11 is 0. The Hall–Kier alpha value is -1.43. The van der Waals surface area contributed by atoms with Crippen molar-refractivity contribution in [2.45, 2.75) is 38.8 Å². The van der Waals surface area contributed by atoms with Gasteiger partial charge in [-0.3, -0.25) is 4.79 Å². The van der Waals surface area contributed by atoms with Gasteiger partial charge in [-0.25, -0.2) is 0 Å². The predicted molar refractivity (Wildman–Crippen MR) is 61.6 cm³/mol. The molecule has 0 saturated heterocycles. The molecule has 0 amide bonds. The quantitative estimate of drug-likeness (QED) is 0.828. The van der Waals surface area contributed by atoms with E-state index in [1.54, 1.807) is 6.92 Å². The van der Waals surface area contributed by atoms with Crippen LogP contribution in [0.1, 0.15) is 31.0 Å². The van der Waals surface area contributed by atoms with Crippen LogP contribution in [-0.2, 0) is 11.3 Å². The Bertz CT molecular complexity index is 459. The Morgan fingerprint density at radius 2 is 2.22 bits per heavy atom. The minimum Gasteiger partial charge on any atom is -0.481 e. The van der Waals surface area contributed by atoms with Crippen LogP contribution >= 0.6 is 0 Å². The number of rotatable bonds is 4. The van der Waals surface area contributed by atoms with E-state index in [4.69, 9.17) is 4.42 Å². The van der Waals surface area contributed by atoms with Gasteiger partial charge in [0.05, 0.1) is 12.5 Å². The molecule has 6 nitrogen and oxygen atoms in total. The van der Waals surface area contributed by atoms with Crippen LogP contribution in [0.2, 0.25) is 0 Å². The smallest absolute Gasteiger partial charge is 0.308 e. The number of nitrogens with zero attached hydrogens (tertiary/aromatic N) is 2. The molecule has 18 heavy (non-hydrogen) atoms. The van der Waals surface area contributed by atoms with Gasteiger partial charge in [0, 0.05) is 13.0 Å². The fourth-order valence-electron chi connectivity index (χ4n) is 3.55. The Morgan fingerprint density at radius 1 is 1.44 bits per heavy atom. The van der Waals surface area contributed by atoms with Crippen molar-refractivity contribution in [3.63, 3.8) is 0 Å². The molecule has 0 aliphatic heterocycles. The molecule has 2 saturated carbocycles. The molecule has 2 bridgehead atoms. The van der Waals surface area contributed by atoms with E-state index >= 15 is 0 Å². The Kier molecular flexibility index (Phi) is 2.81. The number of carboxylic acids is 1. The molecule has 0 spiro atoms. The van der Waals surface area contributed by atoms with Crippen molar-refractivity contribution in [2.75, 3.05) is 0 Å². The van der Waals surface area contributed by atoms with Crippen LogP contribution in [0, 0.1) is 24.7 Å². The van der Waals surface area contributed by atoms with Crippen molar-refractivity contribution >= 4 is 5.97 Å². The monoisotopic (exact) mass is 251 g/mol. The van der Waals surface area contributed by atoms with Crippen LogP contribution in [0.5, 0.6) is 0 Å². The molecule has 3 rings (SSSR count). The van der Waals surface area contributed by atoms with Crippen LogP contribution in [-0.4, -0.2) is 27.3 Å². The summed E-state index contributed by atoms with van der Waals surface area (Å²) in [6.07, 6.45) is 3.23. The molecule has 1 aromatic heterocycles. The van der Waals surface area contributed by atoms with Crippen molar-refractivity contribution in [1.82, 2.24) is 15.5 Å². The molecular weight excluding hydrogens is 234 g/mol. The summed E-state index contributed by atoms with van der Waals surface area (Å²) in [6, 6.07) is 0.0495. The number of fused-ring (bicyclic) bond motifs is 2. The molecule has 2 N–H and O–H groups in total. The summed E-state index contributed by atoms with van der Waals surface area (Å²) in [7, 11) is 0. The van der Waals surface area contributed by atoms with E-state index in [9.17, 15) is 9.90 Å². The van der Waals surface area contributed by atoms with Gasteiger partial charge >= 0.3 is 5.97 Å². The third-order valence-corrected chi connectivity index (χ3v) is 4.26. The fourth-order valence-corrected chi connectivity index (χ4v) is 3.55. The fraction of sp³-hybridized carbons (Fsp3) is 0.750. The first kappa shape index (κ1) is 11.6. The molecule has 1 heterocycles. The lowest BCUT2D eigenvalue weighted by Crippen LogP contribution is -2.43. The molecular formula is C12H17N3O3. The van der Waals surface area contributed by atoms with Gasteiger partial charge < -0.3 is 14.8 Å². The average Bonchev–Trinajstić information content (AvgIpc) is 3.00. The van der Waals surface area contributed by atoms with Crippen molar-refractivity contribution < 1.29 is 14.3 Å². The molecule has 98 valence electrons. The minimum atomic E-state index is -0.679. The Balaban J connectivity index is 1.66. The number of hydrogen-bond donors (Lipinski definition) is 2. The van der Waals surface area contributed by atoms with Crippen molar-refractivity contribution in [2.24, 2.45) is 17.8 Å².